The highest BCUT2D eigenvalue weighted by Gasteiger charge is 2.10. The molecular formula is C30H31N3O3. The minimum atomic E-state index is -0.106. The summed E-state index contributed by atoms with van der Waals surface area (Å²) < 4.78 is 11.4. The van der Waals surface area contributed by atoms with E-state index >= 15 is 0 Å². The highest BCUT2D eigenvalue weighted by Crippen LogP contribution is 2.27. The van der Waals surface area contributed by atoms with Crippen molar-refractivity contribution in [2.45, 2.75) is 13.0 Å². The molecule has 0 fully saturated rings. The van der Waals surface area contributed by atoms with Crippen LogP contribution in [0.4, 0.5) is 0 Å². The first kappa shape index (κ1) is 23.9. The molecule has 184 valence electrons. The quantitative estimate of drug-likeness (QED) is 0.241. The smallest absolute Gasteiger partial charge is 0.257 e. The largest absolute Gasteiger partial charge is 0.494 e. The predicted molar refractivity (Wildman–Crippen MR) is 146 cm³/mol. The molecular weight excluding hydrogens is 450 g/mol. The second kappa shape index (κ2) is 11.2. The molecule has 3 aromatic carbocycles. The maximum atomic E-state index is 12.7. The van der Waals surface area contributed by atoms with Crippen LogP contribution in [-0.4, -0.2) is 48.3 Å². The van der Waals surface area contributed by atoms with E-state index in [0.717, 1.165) is 59.3 Å². The number of fused-ring (bicyclic) bond motifs is 2. The maximum absolute atomic E-state index is 12.7. The summed E-state index contributed by atoms with van der Waals surface area (Å²) in [5.74, 6) is 0.826. The third-order valence-electron chi connectivity index (χ3n) is 6.38. The fourth-order valence-electron chi connectivity index (χ4n) is 4.50. The molecule has 0 radical (unpaired) electrons. The van der Waals surface area contributed by atoms with E-state index in [0.29, 0.717) is 18.8 Å². The van der Waals surface area contributed by atoms with Crippen LogP contribution >= 0.6 is 0 Å². The molecule has 2 N–H and O–H groups in total. The minimum Gasteiger partial charge on any atom is -0.494 e. The van der Waals surface area contributed by atoms with Crippen LogP contribution in [0.15, 0.2) is 89.7 Å². The molecule has 0 aliphatic heterocycles. The molecule has 0 saturated heterocycles. The first-order chi connectivity index (χ1) is 17.7. The summed E-state index contributed by atoms with van der Waals surface area (Å²) in [6, 6.07) is 28.2. The van der Waals surface area contributed by atoms with Gasteiger partial charge in [0.2, 0.25) is 0 Å². The van der Waals surface area contributed by atoms with Gasteiger partial charge in [0.25, 0.3) is 5.56 Å². The lowest BCUT2D eigenvalue weighted by Crippen LogP contribution is -2.29. The van der Waals surface area contributed by atoms with E-state index < -0.39 is 0 Å². The van der Waals surface area contributed by atoms with Gasteiger partial charge in [-0.25, -0.2) is 0 Å². The average molecular weight is 482 g/mol. The van der Waals surface area contributed by atoms with E-state index in [9.17, 15) is 4.79 Å². The summed E-state index contributed by atoms with van der Waals surface area (Å²) in [4.78, 5) is 21.4. The Bertz CT molecular complexity index is 1490. The van der Waals surface area contributed by atoms with E-state index in [1.54, 1.807) is 7.11 Å². The Hall–Kier alpha value is -3.87. The topological polar surface area (TPSA) is 70.3 Å². The SMILES string of the molecule is COCCN(CCCOc1ccc2[nH]c(-c3cc4ccccc4[nH]c3=O)cc2c1)Cc1ccccc1. The van der Waals surface area contributed by atoms with E-state index in [1.165, 1.54) is 5.56 Å². The molecule has 5 rings (SSSR count). The number of benzene rings is 3. The van der Waals surface area contributed by atoms with Crippen molar-refractivity contribution < 1.29 is 9.47 Å². The highest BCUT2D eigenvalue weighted by atomic mass is 16.5. The summed E-state index contributed by atoms with van der Waals surface area (Å²) in [5.41, 5.74) is 4.42. The Kier molecular flexibility index (Phi) is 7.45. The van der Waals surface area contributed by atoms with Crippen molar-refractivity contribution in [1.82, 2.24) is 14.9 Å². The van der Waals surface area contributed by atoms with Gasteiger partial charge in [-0.2, -0.15) is 0 Å². The molecule has 0 atom stereocenters. The number of rotatable bonds is 11. The van der Waals surface area contributed by atoms with Crippen LogP contribution < -0.4 is 10.3 Å². The van der Waals surface area contributed by atoms with E-state index in [1.807, 2.05) is 60.7 Å². The van der Waals surface area contributed by atoms with E-state index in [4.69, 9.17) is 9.47 Å². The van der Waals surface area contributed by atoms with Crippen molar-refractivity contribution >= 4 is 21.8 Å². The molecule has 0 saturated carbocycles. The predicted octanol–water partition coefficient (Wildman–Crippen LogP) is 5.59. The maximum Gasteiger partial charge on any atom is 0.257 e. The number of hydrogen-bond acceptors (Lipinski definition) is 4. The van der Waals surface area contributed by atoms with Crippen molar-refractivity contribution in [2.24, 2.45) is 0 Å². The van der Waals surface area contributed by atoms with Crippen LogP contribution in [0.5, 0.6) is 5.75 Å². The van der Waals surface area contributed by atoms with Crippen LogP contribution in [0.25, 0.3) is 33.1 Å². The Balaban J connectivity index is 1.23. The summed E-state index contributed by atoms with van der Waals surface area (Å²) in [7, 11) is 1.74. The normalized spacial score (nSPS) is 11.5. The number of H-pyrrole nitrogens is 2. The number of aromatic nitrogens is 2. The Labute approximate surface area is 210 Å². The van der Waals surface area contributed by atoms with Gasteiger partial charge in [-0.05, 0) is 53.8 Å². The van der Waals surface area contributed by atoms with Crippen LogP contribution in [0.1, 0.15) is 12.0 Å². The van der Waals surface area contributed by atoms with Gasteiger partial charge < -0.3 is 19.4 Å². The molecule has 0 bridgehead atoms. The average Bonchev–Trinajstić information content (AvgIpc) is 3.33. The van der Waals surface area contributed by atoms with Gasteiger partial charge in [0.1, 0.15) is 5.75 Å². The Morgan fingerprint density at radius 3 is 2.44 bits per heavy atom. The van der Waals surface area contributed by atoms with Crippen LogP contribution in [-0.2, 0) is 11.3 Å². The molecule has 0 aliphatic carbocycles. The third kappa shape index (κ3) is 5.67. The van der Waals surface area contributed by atoms with Gasteiger partial charge in [0.05, 0.1) is 24.5 Å². The lowest BCUT2D eigenvalue weighted by Gasteiger charge is -2.22. The van der Waals surface area contributed by atoms with Crippen LogP contribution in [0.2, 0.25) is 0 Å². The monoisotopic (exact) mass is 481 g/mol. The summed E-state index contributed by atoms with van der Waals surface area (Å²) in [5, 5.41) is 2.02. The fourth-order valence-corrected chi connectivity index (χ4v) is 4.50. The summed E-state index contributed by atoms with van der Waals surface area (Å²) in [6.07, 6.45) is 0.916. The van der Waals surface area contributed by atoms with E-state index in [-0.39, 0.29) is 5.56 Å². The first-order valence-corrected chi connectivity index (χ1v) is 12.3. The molecule has 0 unspecified atom stereocenters. The second-order valence-corrected chi connectivity index (χ2v) is 8.99. The van der Waals surface area contributed by atoms with Gasteiger partial charge in [-0.1, -0.05) is 48.5 Å². The standard InChI is InChI=1S/C30H31N3O3/c1-35-17-15-33(21-22-8-3-2-4-9-22)14-7-16-36-25-12-13-28-24(18-25)20-29(31-28)26-19-23-10-5-6-11-27(23)32-30(26)34/h2-6,8-13,18-20,31H,7,14-17,21H2,1H3,(H,32,34). The number of aromatic amines is 2. The van der Waals surface area contributed by atoms with Gasteiger partial charge in [0.15, 0.2) is 0 Å². The first-order valence-electron chi connectivity index (χ1n) is 12.3. The number of nitrogens with one attached hydrogen (secondary N) is 2. The molecule has 2 aromatic heterocycles. The number of para-hydroxylation sites is 1. The number of hydrogen-bond donors (Lipinski definition) is 2. The Morgan fingerprint density at radius 1 is 0.778 bits per heavy atom. The van der Waals surface area contributed by atoms with E-state index in [2.05, 4.69) is 39.1 Å². The lowest BCUT2D eigenvalue weighted by molar-refractivity contribution is 0.138. The zero-order chi connectivity index (χ0) is 24.7. The van der Waals surface area contributed by atoms with Crippen LogP contribution in [0, 0.1) is 0 Å². The Morgan fingerprint density at radius 2 is 1.58 bits per heavy atom. The number of ether oxygens (including phenoxy) is 2. The number of nitrogens with zero attached hydrogens (tertiary/aromatic N) is 1. The molecule has 36 heavy (non-hydrogen) atoms. The molecule has 0 aliphatic rings. The molecule has 5 aromatic rings. The summed E-state index contributed by atoms with van der Waals surface area (Å²) in [6.45, 7) is 4.05. The molecule has 0 spiro atoms. The van der Waals surface area contributed by atoms with Crippen molar-refractivity contribution in [3.05, 3.63) is 101 Å². The fraction of sp³-hybridized carbons (Fsp3) is 0.233. The third-order valence-corrected chi connectivity index (χ3v) is 6.38. The van der Waals surface area contributed by atoms with Gasteiger partial charge in [-0.3, -0.25) is 9.69 Å². The van der Waals surface area contributed by atoms with Crippen molar-refractivity contribution in [1.29, 1.82) is 0 Å². The molecule has 6 nitrogen and oxygen atoms in total. The number of methoxy groups -OCH3 is 1. The number of pyridine rings is 1. The van der Waals surface area contributed by atoms with Gasteiger partial charge in [0, 0.05) is 43.2 Å². The van der Waals surface area contributed by atoms with Crippen molar-refractivity contribution in [3.8, 4) is 17.0 Å². The highest BCUT2D eigenvalue weighted by molar-refractivity contribution is 5.89. The zero-order valence-corrected chi connectivity index (χ0v) is 20.5. The lowest BCUT2D eigenvalue weighted by atomic mass is 10.1. The molecule has 6 heteroatoms. The zero-order valence-electron chi connectivity index (χ0n) is 20.5. The second-order valence-electron chi connectivity index (χ2n) is 8.99. The van der Waals surface area contributed by atoms with Crippen LogP contribution in [0.3, 0.4) is 0 Å². The van der Waals surface area contributed by atoms with Crippen molar-refractivity contribution in [3.63, 3.8) is 0 Å². The molecule has 2 heterocycles. The summed E-state index contributed by atoms with van der Waals surface area (Å²) >= 11 is 0. The van der Waals surface area contributed by atoms with Gasteiger partial charge in [-0.15, -0.1) is 0 Å². The minimum absolute atomic E-state index is 0.106. The molecule has 0 amide bonds. The van der Waals surface area contributed by atoms with Gasteiger partial charge >= 0.3 is 0 Å². The van der Waals surface area contributed by atoms with Crippen molar-refractivity contribution in [2.75, 3.05) is 33.4 Å².